The Labute approximate surface area is 127 Å². The molecule has 0 bridgehead atoms. The van der Waals surface area contributed by atoms with Gasteiger partial charge >= 0.3 is 0 Å². The lowest BCUT2D eigenvalue weighted by atomic mass is 9.89. The summed E-state index contributed by atoms with van der Waals surface area (Å²) < 4.78 is 26.5. The van der Waals surface area contributed by atoms with Crippen molar-refractivity contribution < 1.29 is 8.42 Å². The molecule has 0 radical (unpaired) electrons. The normalized spacial score (nSPS) is 16.8. The zero-order chi connectivity index (χ0) is 15.3. The van der Waals surface area contributed by atoms with E-state index in [1.54, 1.807) is 25.1 Å². The monoisotopic (exact) mass is 311 g/mol. The van der Waals surface area contributed by atoms with Crippen LogP contribution in [-0.4, -0.2) is 21.5 Å². The van der Waals surface area contributed by atoms with Gasteiger partial charge in [-0.3, -0.25) is 0 Å². The summed E-state index contributed by atoms with van der Waals surface area (Å²) in [6, 6.07) is 4.81. The van der Waals surface area contributed by atoms with E-state index >= 15 is 0 Å². The largest absolute Gasteiger partial charge is 0.397 e. The van der Waals surface area contributed by atoms with E-state index in [-0.39, 0.29) is 4.90 Å². The van der Waals surface area contributed by atoms with Crippen molar-refractivity contribution in [2.45, 2.75) is 43.9 Å². The highest BCUT2D eigenvalue weighted by molar-refractivity contribution is 7.89. The molecule has 0 aromatic heterocycles. The van der Waals surface area contributed by atoms with Gasteiger partial charge in [0.25, 0.3) is 0 Å². The Morgan fingerprint density at radius 3 is 2.62 bits per heavy atom. The molecule has 1 aliphatic carbocycles. The highest BCUT2D eigenvalue weighted by Gasteiger charge is 2.16. The highest BCUT2D eigenvalue weighted by Crippen LogP contribution is 2.27. The van der Waals surface area contributed by atoms with Crippen LogP contribution in [0.1, 0.15) is 39.0 Å². The van der Waals surface area contributed by atoms with Gasteiger partial charge in [0.15, 0.2) is 0 Å². The van der Waals surface area contributed by atoms with Gasteiger partial charge in [0.1, 0.15) is 0 Å². The van der Waals surface area contributed by atoms with Gasteiger partial charge in [-0.2, -0.15) is 0 Å². The van der Waals surface area contributed by atoms with E-state index in [4.69, 9.17) is 5.73 Å². The fourth-order valence-corrected chi connectivity index (χ4v) is 3.84. The maximum atomic E-state index is 12.0. The Kier molecular flexibility index (Phi) is 5.47. The molecule has 2 rings (SSSR count). The second kappa shape index (κ2) is 7.13. The Morgan fingerprint density at radius 2 is 1.95 bits per heavy atom. The predicted molar refractivity (Wildman–Crippen MR) is 86.8 cm³/mol. The molecule has 1 aromatic carbocycles. The molecule has 0 heterocycles. The third kappa shape index (κ3) is 4.35. The van der Waals surface area contributed by atoms with Crippen LogP contribution in [0.3, 0.4) is 0 Å². The van der Waals surface area contributed by atoms with E-state index < -0.39 is 10.0 Å². The summed E-state index contributed by atoms with van der Waals surface area (Å²) in [6.45, 7) is 2.99. The molecule has 1 aliphatic rings. The number of sulfonamides is 1. The number of nitrogens with one attached hydrogen (secondary N) is 2. The zero-order valence-corrected chi connectivity index (χ0v) is 13.4. The number of hydrogen-bond acceptors (Lipinski definition) is 4. The van der Waals surface area contributed by atoms with Gasteiger partial charge in [0.2, 0.25) is 10.0 Å². The van der Waals surface area contributed by atoms with Crippen molar-refractivity contribution in [3.63, 3.8) is 0 Å². The van der Waals surface area contributed by atoms with Crippen molar-refractivity contribution in [1.82, 2.24) is 4.72 Å². The van der Waals surface area contributed by atoms with Crippen LogP contribution in [0.15, 0.2) is 23.1 Å². The molecular formula is C15H25N3O2S. The van der Waals surface area contributed by atoms with Crippen LogP contribution in [0, 0.1) is 5.92 Å². The number of hydrogen-bond donors (Lipinski definition) is 3. The minimum absolute atomic E-state index is 0.254. The van der Waals surface area contributed by atoms with Gasteiger partial charge in [-0.25, -0.2) is 13.1 Å². The van der Waals surface area contributed by atoms with Crippen LogP contribution in [0.4, 0.5) is 11.4 Å². The first-order chi connectivity index (χ1) is 10.0. The van der Waals surface area contributed by atoms with Crippen LogP contribution >= 0.6 is 0 Å². The van der Waals surface area contributed by atoms with Crippen LogP contribution in [0.25, 0.3) is 0 Å². The van der Waals surface area contributed by atoms with Crippen molar-refractivity contribution in [1.29, 1.82) is 0 Å². The molecule has 0 amide bonds. The van der Waals surface area contributed by atoms with E-state index in [1.807, 2.05) is 0 Å². The number of nitrogens with two attached hydrogens (primary N) is 1. The number of rotatable bonds is 6. The first kappa shape index (κ1) is 16.1. The molecule has 6 heteroatoms. The van der Waals surface area contributed by atoms with Crippen molar-refractivity contribution >= 4 is 21.4 Å². The average Bonchev–Trinajstić information content (AvgIpc) is 2.47. The first-order valence-corrected chi connectivity index (χ1v) is 9.14. The Balaban J connectivity index is 2.08. The fraction of sp³-hybridized carbons (Fsp3) is 0.600. The van der Waals surface area contributed by atoms with Crippen molar-refractivity contribution in [3.8, 4) is 0 Å². The van der Waals surface area contributed by atoms with E-state index in [2.05, 4.69) is 10.0 Å². The lowest BCUT2D eigenvalue weighted by Crippen LogP contribution is -2.23. The zero-order valence-electron chi connectivity index (χ0n) is 12.6. The Hall–Kier alpha value is -1.27. The minimum atomic E-state index is -3.44. The summed E-state index contributed by atoms with van der Waals surface area (Å²) in [5.41, 5.74) is 7.24. The highest BCUT2D eigenvalue weighted by atomic mass is 32.2. The molecule has 0 aliphatic heterocycles. The molecule has 21 heavy (non-hydrogen) atoms. The second-order valence-electron chi connectivity index (χ2n) is 5.64. The van der Waals surface area contributed by atoms with Crippen LogP contribution < -0.4 is 15.8 Å². The van der Waals surface area contributed by atoms with E-state index in [9.17, 15) is 8.42 Å². The summed E-state index contributed by atoms with van der Waals surface area (Å²) in [5.74, 6) is 0.659. The quantitative estimate of drug-likeness (QED) is 0.705. The third-order valence-electron chi connectivity index (χ3n) is 3.98. The van der Waals surface area contributed by atoms with E-state index in [0.717, 1.165) is 6.54 Å². The second-order valence-corrected chi connectivity index (χ2v) is 7.40. The Morgan fingerprint density at radius 1 is 1.24 bits per heavy atom. The third-order valence-corrected chi connectivity index (χ3v) is 5.52. The summed E-state index contributed by atoms with van der Waals surface area (Å²) >= 11 is 0. The summed E-state index contributed by atoms with van der Waals surface area (Å²) in [5, 5.41) is 3.32. The minimum Gasteiger partial charge on any atom is -0.397 e. The van der Waals surface area contributed by atoms with E-state index in [1.165, 1.54) is 32.1 Å². The van der Waals surface area contributed by atoms with Crippen LogP contribution in [0.5, 0.6) is 0 Å². The van der Waals surface area contributed by atoms with Crippen molar-refractivity contribution in [2.24, 2.45) is 5.92 Å². The molecule has 1 saturated carbocycles. The standard InChI is InChI=1S/C15H25N3O2S/c1-2-18-21(19,20)13-8-9-14(16)15(10-13)17-11-12-6-4-3-5-7-12/h8-10,12,17-18H,2-7,11,16H2,1H3. The maximum absolute atomic E-state index is 12.0. The van der Waals surface area contributed by atoms with Gasteiger partial charge < -0.3 is 11.1 Å². The predicted octanol–water partition coefficient (Wildman–Crippen LogP) is 2.56. The van der Waals surface area contributed by atoms with Gasteiger partial charge in [-0.15, -0.1) is 0 Å². The topological polar surface area (TPSA) is 84.2 Å². The Bertz CT molecular complexity index is 566. The number of anilines is 2. The molecule has 0 saturated heterocycles. The van der Waals surface area contributed by atoms with Gasteiger partial charge in [-0.1, -0.05) is 26.2 Å². The lowest BCUT2D eigenvalue weighted by Gasteiger charge is -2.23. The van der Waals surface area contributed by atoms with Crippen LogP contribution in [0.2, 0.25) is 0 Å². The summed E-state index contributed by atoms with van der Waals surface area (Å²) in [4.78, 5) is 0.254. The first-order valence-electron chi connectivity index (χ1n) is 7.66. The van der Waals surface area contributed by atoms with Gasteiger partial charge in [0.05, 0.1) is 16.3 Å². The molecule has 0 unspecified atom stereocenters. The molecule has 0 spiro atoms. The van der Waals surface area contributed by atoms with E-state index in [0.29, 0.717) is 23.8 Å². The van der Waals surface area contributed by atoms with Crippen molar-refractivity contribution in [3.05, 3.63) is 18.2 Å². The molecular weight excluding hydrogens is 286 g/mol. The SMILES string of the molecule is CCNS(=O)(=O)c1ccc(N)c(NCC2CCCCC2)c1. The molecule has 4 N–H and O–H groups in total. The smallest absolute Gasteiger partial charge is 0.240 e. The van der Waals surface area contributed by atoms with Gasteiger partial charge in [0, 0.05) is 13.1 Å². The summed E-state index contributed by atoms with van der Waals surface area (Å²) in [6.07, 6.45) is 6.38. The molecule has 118 valence electrons. The van der Waals surface area contributed by atoms with Crippen LogP contribution in [-0.2, 0) is 10.0 Å². The number of nitrogen functional groups attached to an aromatic ring is 1. The van der Waals surface area contributed by atoms with Gasteiger partial charge in [-0.05, 0) is 37.0 Å². The summed E-state index contributed by atoms with van der Waals surface area (Å²) in [7, 11) is -3.44. The maximum Gasteiger partial charge on any atom is 0.240 e. The fourth-order valence-electron chi connectivity index (χ4n) is 2.77. The molecule has 5 nitrogen and oxygen atoms in total. The molecule has 1 fully saturated rings. The average molecular weight is 311 g/mol. The molecule has 0 atom stereocenters. The number of benzene rings is 1. The molecule has 1 aromatic rings. The lowest BCUT2D eigenvalue weighted by molar-refractivity contribution is 0.373. The van der Waals surface area contributed by atoms with Crippen molar-refractivity contribution in [2.75, 3.05) is 24.1 Å².